The fourth-order valence-corrected chi connectivity index (χ4v) is 1.80. The summed E-state index contributed by atoms with van der Waals surface area (Å²) in [5.41, 5.74) is 1.22. The maximum Gasteiger partial charge on any atom is 0.255 e. The van der Waals surface area contributed by atoms with Crippen molar-refractivity contribution in [3.63, 3.8) is 0 Å². The van der Waals surface area contributed by atoms with E-state index in [-0.39, 0.29) is 23.8 Å². The molecule has 4 nitrogen and oxygen atoms in total. The van der Waals surface area contributed by atoms with Crippen LogP contribution in [0.2, 0.25) is 0 Å². The van der Waals surface area contributed by atoms with Crippen LogP contribution < -0.4 is 5.32 Å². The standard InChI is InChI=1S/C12H15NO3/c1-7-2-3-11(15)10(4-7)12(16)13-8-5-9(14)6-8/h2-4,8-9,14-15H,5-6H2,1H3,(H,13,16). The second kappa shape index (κ2) is 4.14. The fraction of sp³-hybridized carbons (Fsp3) is 0.417. The van der Waals surface area contributed by atoms with E-state index in [0.29, 0.717) is 18.4 Å². The fourth-order valence-electron chi connectivity index (χ4n) is 1.80. The Hall–Kier alpha value is -1.55. The summed E-state index contributed by atoms with van der Waals surface area (Å²) in [6, 6.07) is 4.95. The van der Waals surface area contributed by atoms with Gasteiger partial charge in [0.2, 0.25) is 0 Å². The lowest BCUT2D eigenvalue weighted by molar-refractivity contribution is 0.0562. The summed E-state index contributed by atoms with van der Waals surface area (Å²) in [5, 5.41) is 21.4. The van der Waals surface area contributed by atoms with Gasteiger partial charge in [0.05, 0.1) is 11.7 Å². The van der Waals surface area contributed by atoms with Gasteiger partial charge in [0, 0.05) is 6.04 Å². The number of aliphatic hydroxyl groups is 1. The summed E-state index contributed by atoms with van der Waals surface area (Å²) >= 11 is 0. The normalized spacial score (nSPS) is 23.6. The maximum absolute atomic E-state index is 11.8. The Morgan fingerprint density at radius 1 is 1.44 bits per heavy atom. The minimum atomic E-state index is -0.295. The first-order valence-corrected chi connectivity index (χ1v) is 5.35. The van der Waals surface area contributed by atoms with E-state index in [1.165, 1.54) is 6.07 Å². The van der Waals surface area contributed by atoms with Gasteiger partial charge in [-0.1, -0.05) is 11.6 Å². The molecule has 0 saturated heterocycles. The molecule has 1 saturated carbocycles. The lowest BCUT2D eigenvalue weighted by Gasteiger charge is -2.32. The number of rotatable bonds is 2. The molecule has 2 rings (SSSR count). The molecule has 1 fully saturated rings. The van der Waals surface area contributed by atoms with E-state index in [2.05, 4.69) is 5.32 Å². The molecule has 1 aliphatic carbocycles. The molecule has 0 aromatic heterocycles. The van der Waals surface area contributed by atoms with Gasteiger partial charge in [-0.3, -0.25) is 4.79 Å². The third-order valence-corrected chi connectivity index (χ3v) is 2.85. The van der Waals surface area contributed by atoms with Crippen LogP contribution in [0.15, 0.2) is 18.2 Å². The first kappa shape index (κ1) is 11.0. The van der Waals surface area contributed by atoms with E-state index < -0.39 is 0 Å². The van der Waals surface area contributed by atoms with Gasteiger partial charge in [-0.05, 0) is 31.9 Å². The Morgan fingerprint density at radius 2 is 2.12 bits per heavy atom. The molecule has 1 aromatic rings. The Kier molecular flexibility index (Phi) is 2.83. The number of aromatic hydroxyl groups is 1. The minimum Gasteiger partial charge on any atom is -0.507 e. The van der Waals surface area contributed by atoms with Crippen LogP contribution in [-0.2, 0) is 0 Å². The SMILES string of the molecule is Cc1ccc(O)c(C(=O)NC2CC(O)C2)c1. The molecule has 0 bridgehead atoms. The molecule has 0 atom stereocenters. The molecule has 0 aliphatic heterocycles. The Bertz CT molecular complexity index is 411. The van der Waals surface area contributed by atoms with Crippen molar-refractivity contribution < 1.29 is 15.0 Å². The number of benzene rings is 1. The molecule has 86 valence electrons. The average Bonchev–Trinajstić information content (AvgIpc) is 2.19. The molecule has 1 aliphatic rings. The number of carbonyl (C=O) groups is 1. The second-order valence-corrected chi connectivity index (χ2v) is 4.32. The monoisotopic (exact) mass is 221 g/mol. The molecule has 4 heteroatoms. The van der Waals surface area contributed by atoms with E-state index in [0.717, 1.165) is 5.56 Å². The summed E-state index contributed by atoms with van der Waals surface area (Å²) < 4.78 is 0. The highest BCUT2D eigenvalue weighted by atomic mass is 16.3. The van der Waals surface area contributed by atoms with Crippen LogP contribution in [0, 0.1) is 6.92 Å². The van der Waals surface area contributed by atoms with Crippen LogP contribution in [0.5, 0.6) is 5.75 Å². The van der Waals surface area contributed by atoms with Gasteiger partial charge in [0.25, 0.3) is 5.91 Å². The van der Waals surface area contributed by atoms with Crippen molar-refractivity contribution in [2.45, 2.75) is 31.9 Å². The highest BCUT2D eigenvalue weighted by Gasteiger charge is 2.29. The number of amides is 1. The van der Waals surface area contributed by atoms with E-state index in [1.807, 2.05) is 6.92 Å². The molecule has 16 heavy (non-hydrogen) atoms. The first-order valence-electron chi connectivity index (χ1n) is 5.35. The van der Waals surface area contributed by atoms with Crippen molar-refractivity contribution >= 4 is 5.91 Å². The predicted molar refractivity (Wildman–Crippen MR) is 59.3 cm³/mol. The number of hydrogen-bond donors (Lipinski definition) is 3. The Labute approximate surface area is 93.9 Å². The minimum absolute atomic E-state index is 0.0111. The molecule has 0 spiro atoms. The zero-order valence-electron chi connectivity index (χ0n) is 9.10. The van der Waals surface area contributed by atoms with Gasteiger partial charge in [-0.15, -0.1) is 0 Å². The summed E-state index contributed by atoms with van der Waals surface area (Å²) in [5.74, 6) is -0.291. The van der Waals surface area contributed by atoms with Gasteiger partial charge in [0.15, 0.2) is 0 Å². The van der Waals surface area contributed by atoms with Crippen LogP contribution in [0.3, 0.4) is 0 Å². The van der Waals surface area contributed by atoms with E-state index in [9.17, 15) is 9.90 Å². The molecule has 1 amide bonds. The number of carbonyl (C=O) groups excluding carboxylic acids is 1. The number of aryl methyl sites for hydroxylation is 1. The average molecular weight is 221 g/mol. The van der Waals surface area contributed by atoms with Crippen LogP contribution in [0.4, 0.5) is 0 Å². The van der Waals surface area contributed by atoms with Crippen molar-refractivity contribution in [2.24, 2.45) is 0 Å². The summed E-state index contributed by atoms with van der Waals surface area (Å²) in [6.45, 7) is 1.86. The predicted octanol–water partition coefficient (Wildman–Crippen LogP) is 0.954. The number of hydrogen-bond acceptors (Lipinski definition) is 3. The van der Waals surface area contributed by atoms with E-state index in [4.69, 9.17) is 5.11 Å². The summed E-state index contributed by atoms with van der Waals surface area (Å²) in [6.07, 6.45) is 0.896. The summed E-state index contributed by atoms with van der Waals surface area (Å²) in [7, 11) is 0. The first-order chi connectivity index (χ1) is 7.56. The van der Waals surface area contributed by atoms with Gasteiger partial charge in [0.1, 0.15) is 5.75 Å². The van der Waals surface area contributed by atoms with Crippen molar-refractivity contribution in [3.05, 3.63) is 29.3 Å². The Balaban J connectivity index is 2.05. The molecular formula is C12H15NO3. The van der Waals surface area contributed by atoms with Crippen molar-refractivity contribution in [1.29, 1.82) is 0 Å². The molecule has 0 unspecified atom stereocenters. The number of phenolic OH excluding ortho intramolecular Hbond substituents is 1. The third-order valence-electron chi connectivity index (χ3n) is 2.85. The lowest BCUT2D eigenvalue weighted by Crippen LogP contribution is -2.46. The lowest BCUT2D eigenvalue weighted by atomic mass is 9.89. The van der Waals surface area contributed by atoms with E-state index in [1.54, 1.807) is 12.1 Å². The highest BCUT2D eigenvalue weighted by Crippen LogP contribution is 2.22. The number of nitrogens with one attached hydrogen (secondary N) is 1. The van der Waals surface area contributed by atoms with Crippen molar-refractivity contribution in [1.82, 2.24) is 5.32 Å². The number of phenols is 1. The second-order valence-electron chi connectivity index (χ2n) is 4.32. The third kappa shape index (κ3) is 2.17. The summed E-state index contributed by atoms with van der Waals surface area (Å²) in [4.78, 5) is 11.8. The van der Waals surface area contributed by atoms with E-state index >= 15 is 0 Å². The maximum atomic E-state index is 11.8. The van der Waals surface area contributed by atoms with Gasteiger partial charge in [-0.25, -0.2) is 0 Å². The molecular weight excluding hydrogens is 206 g/mol. The zero-order valence-corrected chi connectivity index (χ0v) is 9.10. The smallest absolute Gasteiger partial charge is 0.255 e. The van der Waals surface area contributed by atoms with Gasteiger partial charge in [-0.2, -0.15) is 0 Å². The van der Waals surface area contributed by atoms with Crippen LogP contribution in [0.1, 0.15) is 28.8 Å². The zero-order chi connectivity index (χ0) is 11.7. The van der Waals surface area contributed by atoms with Gasteiger partial charge < -0.3 is 15.5 Å². The topological polar surface area (TPSA) is 69.6 Å². The molecule has 3 N–H and O–H groups in total. The molecule has 0 heterocycles. The quantitative estimate of drug-likeness (QED) is 0.696. The highest BCUT2D eigenvalue weighted by molar-refractivity contribution is 5.97. The van der Waals surface area contributed by atoms with Crippen molar-refractivity contribution in [2.75, 3.05) is 0 Å². The van der Waals surface area contributed by atoms with Crippen LogP contribution >= 0.6 is 0 Å². The van der Waals surface area contributed by atoms with Crippen LogP contribution in [0.25, 0.3) is 0 Å². The molecule has 0 radical (unpaired) electrons. The van der Waals surface area contributed by atoms with Gasteiger partial charge >= 0.3 is 0 Å². The Morgan fingerprint density at radius 3 is 2.75 bits per heavy atom. The number of aliphatic hydroxyl groups excluding tert-OH is 1. The largest absolute Gasteiger partial charge is 0.507 e. The van der Waals surface area contributed by atoms with Crippen molar-refractivity contribution in [3.8, 4) is 5.75 Å². The van der Waals surface area contributed by atoms with Crippen LogP contribution in [-0.4, -0.2) is 28.3 Å². The molecule has 1 aromatic carbocycles.